The van der Waals surface area contributed by atoms with Gasteiger partial charge in [0.25, 0.3) is 0 Å². The van der Waals surface area contributed by atoms with Crippen molar-refractivity contribution in [3.8, 4) is 0 Å². The zero-order valence-electron chi connectivity index (χ0n) is 7.81. The van der Waals surface area contributed by atoms with Crippen molar-refractivity contribution in [1.29, 1.82) is 0 Å². The molecule has 0 unspecified atom stereocenters. The quantitative estimate of drug-likeness (QED) is 0.687. The van der Waals surface area contributed by atoms with Gasteiger partial charge in [-0.25, -0.2) is 9.97 Å². The normalized spacial score (nSPS) is 10.9. The van der Waals surface area contributed by atoms with E-state index in [1.54, 1.807) is 0 Å². The molecule has 72 valence electrons. The van der Waals surface area contributed by atoms with Gasteiger partial charge in [-0.05, 0) is 37.1 Å². The molecule has 1 aromatic carbocycles. The maximum absolute atomic E-state index is 5.77. The highest BCUT2D eigenvalue weighted by Gasteiger charge is 2.05. The van der Waals surface area contributed by atoms with Gasteiger partial charge < -0.3 is 0 Å². The van der Waals surface area contributed by atoms with Crippen molar-refractivity contribution in [3.63, 3.8) is 0 Å². The molecule has 0 fully saturated rings. The van der Waals surface area contributed by atoms with Gasteiger partial charge in [0.05, 0.1) is 11.0 Å². The lowest BCUT2D eigenvalue weighted by Gasteiger charge is -2.03. The Kier molecular flexibility index (Phi) is 2.33. The van der Waals surface area contributed by atoms with Crippen LogP contribution in [0.2, 0.25) is 10.3 Å². The van der Waals surface area contributed by atoms with Crippen molar-refractivity contribution in [3.05, 3.63) is 33.6 Å². The first kappa shape index (κ1) is 9.69. The van der Waals surface area contributed by atoms with E-state index in [1.165, 1.54) is 11.1 Å². The lowest BCUT2D eigenvalue weighted by atomic mass is 10.1. The zero-order chi connectivity index (χ0) is 10.3. The first-order valence-corrected chi connectivity index (χ1v) is 4.93. The summed E-state index contributed by atoms with van der Waals surface area (Å²) in [6.45, 7) is 4.05. The van der Waals surface area contributed by atoms with E-state index in [0.29, 0.717) is 0 Å². The van der Waals surface area contributed by atoms with Crippen LogP contribution in [0.3, 0.4) is 0 Å². The van der Waals surface area contributed by atoms with Crippen molar-refractivity contribution in [2.45, 2.75) is 13.8 Å². The van der Waals surface area contributed by atoms with E-state index in [-0.39, 0.29) is 10.3 Å². The summed E-state index contributed by atoms with van der Waals surface area (Å²) in [7, 11) is 0. The summed E-state index contributed by atoms with van der Waals surface area (Å²) in [5.74, 6) is 0. The Morgan fingerprint density at radius 1 is 0.857 bits per heavy atom. The van der Waals surface area contributed by atoms with Gasteiger partial charge in [0.2, 0.25) is 0 Å². The van der Waals surface area contributed by atoms with Gasteiger partial charge in [-0.1, -0.05) is 23.2 Å². The van der Waals surface area contributed by atoms with Gasteiger partial charge in [0, 0.05) is 0 Å². The number of rotatable bonds is 0. The van der Waals surface area contributed by atoms with Crippen LogP contribution in [0.4, 0.5) is 0 Å². The molecule has 0 bridgehead atoms. The van der Waals surface area contributed by atoms with E-state index in [9.17, 15) is 0 Å². The molecule has 14 heavy (non-hydrogen) atoms. The Morgan fingerprint density at radius 3 is 1.57 bits per heavy atom. The molecule has 0 atom stereocenters. The maximum Gasteiger partial charge on any atom is 0.167 e. The molecular weight excluding hydrogens is 219 g/mol. The van der Waals surface area contributed by atoms with Crippen LogP contribution >= 0.6 is 23.2 Å². The summed E-state index contributed by atoms with van der Waals surface area (Å²) in [4.78, 5) is 8.30. The molecule has 2 rings (SSSR count). The van der Waals surface area contributed by atoms with Gasteiger partial charge in [0.15, 0.2) is 10.3 Å². The molecule has 0 aliphatic rings. The fraction of sp³-hybridized carbons (Fsp3) is 0.200. The Morgan fingerprint density at radius 2 is 1.21 bits per heavy atom. The van der Waals surface area contributed by atoms with Crippen LogP contribution in [0.15, 0.2) is 12.1 Å². The standard InChI is InChI=1S/C10H8Cl2N2/c1-5-3-7-8(4-6(5)2)14-10(12)9(11)13-7/h3-4H,1-2H3. The summed E-state index contributed by atoms with van der Waals surface area (Å²) in [5.41, 5.74) is 3.90. The van der Waals surface area contributed by atoms with Crippen molar-refractivity contribution in [2.24, 2.45) is 0 Å². The number of aryl methyl sites for hydroxylation is 2. The summed E-state index contributed by atoms with van der Waals surface area (Å²) in [6.07, 6.45) is 0. The summed E-state index contributed by atoms with van der Waals surface area (Å²) in [6, 6.07) is 3.92. The van der Waals surface area contributed by atoms with Crippen LogP contribution in [-0.4, -0.2) is 9.97 Å². The molecule has 0 amide bonds. The van der Waals surface area contributed by atoms with Crippen LogP contribution in [0.25, 0.3) is 11.0 Å². The van der Waals surface area contributed by atoms with E-state index in [0.717, 1.165) is 11.0 Å². The van der Waals surface area contributed by atoms with Crippen molar-refractivity contribution < 1.29 is 0 Å². The Hall–Kier alpha value is -0.860. The molecule has 2 nitrogen and oxygen atoms in total. The van der Waals surface area contributed by atoms with E-state index < -0.39 is 0 Å². The molecule has 2 aromatic rings. The number of hydrogen-bond donors (Lipinski definition) is 0. The summed E-state index contributed by atoms with van der Waals surface area (Å²) in [5, 5.41) is 0.504. The van der Waals surface area contributed by atoms with E-state index in [1.807, 2.05) is 26.0 Å². The monoisotopic (exact) mass is 226 g/mol. The van der Waals surface area contributed by atoms with Gasteiger partial charge >= 0.3 is 0 Å². The molecule has 1 aromatic heterocycles. The van der Waals surface area contributed by atoms with E-state index in [2.05, 4.69) is 9.97 Å². The maximum atomic E-state index is 5.77. The smallest absolute Gasteiger partial charge is 0.167 e. The molecule has 0 spiro atoms. The lowest BCUT2D eigenvalue weighted by molar-refractivity contribution is 1.26. The minimum atomic E-state index is 0.252. The molecule has 0 saturated heterocycles. The predicted molar refractivity (Wildman–Crippen MR) is 59.0 cm³/mol. The van der Waals surface area contributed by atoms with Crippen LogP contribution in [0, 0.1) is 13.8 Å². The molecular formula is C10H8Cl2N2. The van der Waals surface area contributed by atoms with Gasteiger partial charge in [-0.2, -0.15) is 0 Å². The third-order valence-corrected chi connectivity index (χ3v) is 2.82. The van der Waals surface area contributed by atoms with Gasteiger partial charge in [0.1, 0.15) is 0 Å². The molecule has 0 N–H and O–H groups in total. The average Bonchev–Trinajstić information content (AvgIpc) is 2.11. The molecule has 4 heteroatoms. The number of halogens is 2. The summed E-state index contributed by atoms with van der Waals surface area (Å²) < 4.78 is 0. The number of nitrogens with zero attached hydrogens (tertiary/aromatic N) is 2. The highest BCUT2D eigenvalue weighted by molar-refractivity contribution is 6.40. The summed E-state index contributed by atoms with van der Waals surface area (Å²) >= 11 is 11.5. The first-order valence-electron chi connectivity index (χ1n) is 4.18. The molecule has 1 heterocycles. The van der Waals surface area contributed by atoms with Crippen molar-refractivity contribution in [1.82, 2.24) is 9.97 Å². The Labute approximate surface area is 91.9 Å². The van der Waals surface area contributed by atoms with Crippen LogP contribution in [0.1, 0.15) is 11.1 Å². The highest BCUT2D eigenvalue weighted by atomic mass is 35.5. The van der Waals surface area contributed by atoms with Crippen molar-refractivity contribution >= 4 is 34.2 Å². The fourth-order valence-corrected chi connectivity index (χ4v) is 1.54. The minimum absolute atomic E-state index is 0.252. The lowest BCUT2D eigenvalue weighted by Crippen LogP contribution is -1.89. The predicted octanol–water partition coefficient (Wildman–Crippen LogP) is 3.55. The van der Waals surface area contributed by atoms with Gasteiger partial charge in [-0.3, -0.25) is 0 Å². The van der Waals surface area contributed by atoms with Crippen LogP contribution < -0.4 is 0 Å². The second-order valence-corrected chi connectivity index (χ2v) is 3.95. The Bertz CT molecular complexity index is 420. The van der Waals surface area contributed by atoms with Crippen molar-refractivity contribution in [2.75, 3.05) is 0 Å². The number of fused-ring (bicyclic) bond motifs is 1. The molecule has 0 saturated carbocycles. The second-order valence-electron chi connectivity index (χ2n) is 3.23. The van der Waals surface area contributed by atoms with E-state index >= 15 is 0 Å². The molecule has 0 radical (unpaired) electrons. The fourth-order valence-electron chi connectivity index (χ4n) is 1.27. The average molecular weight is 227 g/mol. The van der Waals surface area contributed by atoms with E-state index in [4.69, 9.17) is 23.2 Å². The third-order valence-electron chi connectivity index (χ3n) is 2.20. The topological polar surface area (TPSA) is 25.8 Å². The molecule has 0 aliphatic heterocycles. The number of aromatic nitrogens is 2. The third kappa shape index (κ3) is 1.56. The number of benzene rings is 1. The Balaban J connectivity index is 2.83. The highest BCUT2D eigenvalue weighted by Crippen LogP contribution is 2.22. The first-order chi connectivity index (χ1) is 6.58. The SMILES string of the molecule is Cc1cc2nc(Cl)c(Cl)nc2cc1C. The largest absolute Gasteiger partial charge is 0.231 e. The van der Waals surface area contributed by atoms with Gasteiger partial charge in [-0.15, -0.1) is 0 Å². The van der Waals surface area contributed by atoms with Crippen LogP contribution in [-0.2, 0) is 0 Å². The minimum Gasteiger partial charge on any atom is -0.231 e. The zero-order valence-corrected chi connectivity index (χ0v) is 9.32. The number of hydrogen-bond acceptors (Lipinski definition) is 2. The second kappa shape index (κ2) is 3.37. The molecule has 0 aliphatic carbocycles. The van der Waals surface area contributed by atoms with Crippen LogP contribution in [0.5, 0.6) is 0 Å².